The summed E-state index contributed by atoms with van der Waals surface area (Å²) in [6, 6.07) is 14.8. The molecule has 0 unspecified atom stereocenters. The number of nitrogens with zero attached hydrogens (tertiary/aromatic N) is 2. The number of carbonyl (C=O) groups excluding carboxylic acids is 1. The number of amides is 1. The van der Waals surface area contributed by atoms with Crippen LogP contribution < -0.4 is 15.0 Å². The van der Waals surface area contributed by atoms with Crippen molar-refractivity contribution in [3.8, 4) is 11.5 Å². The second kappa shape index (κ2) is 8.34. The Hall–Kier alpha value is -3.35. The highest BCUT2D eigenvalue weighted by molar-refractivity contribution is 5.77. The zero-order valence-electron chi connectivity index (χ0n) is 16.3. The van der Waals surface area contributed by atoms with Crippen LogP contribution in [0.4, 0.5) is 0 Å². The van der Waals surface area contributed by atoms with Crippen molar-refractivity contribution in [2.45, 2.75) is 25.4 Å². The minimum atomic E-state index is -0.197. The van der Waals surface area contributed by atoms with E-state index in [1.807, 2.05) is 42.5 Å². The van der Waals surface area contributed by atoms with Crippen LogP contribution in [0.5, 0.6) is 11.5 Å². The summed E-state index contributed by atoms with van der Waals surface area (Å²) in [7, 11) is 1.77. The number of nitrogens with one attached hydrogen (secondary N) is 1. The van der Waals surface area contributed by atoms with Gasteiger partial charge in [-0.25, -0.2) is 4.98 Å². The van der Waals surface area contributed by atoms with E-state index in [-0.39, 0.29) is 17.6 Å². The Morgan fingerprint density at radius 1 is 1.17 bits per heavy atom. The second-order valence-corrected chi connectivity index (χ2v) is 7.16. The van der Waals surface area contributed by atoms with Gasteiger partial charge in [-0.1, -0.05) is 24.3 Å². The molecule has 0 spiro atoms. The Kier molecular flexibility index (Phi) is 5.46. The van der Waals surface area contributed by atoms with Crippen LogP contribution >= 0.6 is 0 Å². The van der Waals surface area contributed by atoms with Crippen LogP contribution in [0.1, 0.15) is 18.7 Å². The van der Waals surface area contributed by atoms with Crippen LogP contribution in [0.2, 0.25) is 0 Å². The predicted octanol–water partition coefficient (Wildman–Crippen LogP) is 2.54. The normalized spacial score (nSPS) is 15.3. The minimum Gasteiger partial charge on any atom is -0.486 e. The number of aryl methyl sites for hydroxylation is 1. The molecule has 2 heterocycles. The van der Waals surface area contributed by atoms with E-state index in [9.17, 15) is 9.59 Å². The molecule has 3 aromatic rings. The molecule has 0 saturated carbocycles. The van der Waals surface area contributed by atoms with E-state index in [0.717, 1.165) is 5.75 Å². The fourth-order valence-corrected chi connectivity index (χ4v) is 3.41. The number of hydrogen-bond acceptors (Lipinski definition) is 5. The summed E-state index contributed by atoms with van der Waals surface area (Å²) in [6.45, 7) is 0.870. The van der Waals surface area contributed by atoms with Gasteiger partial charge in [0, 0.05) is 19.9 Å². The number of aromatic amines is 1. The van der Waals surface area contributed by atoms with Crippen LogP contribution in [-0.4, -0.2) is 47.1 Å². The molecule has 1 aromatic heterocycles. The average Bonchev–Trinajstić information content (AvgIpc) is 2.73. The summed E-state index contributed by atoms with van der Waals surface area (Å²) in [5, 5.41) is 0.573. The molecular formula is C22H23N3O4. The number of fused-ring (bicyclic) bond motifs is 2. The molecule has 0 saturated heterocycles. The van der Waals surface area contributed by atoms with Crippen molar-refractivity contribution in [2.75, 3.05) is 20.2 Å². The Bertz CT molecular complexity index is 1080. The summed E-state index contributed by atoms with van der Waals surface area (Å²) in [5.74, 6) is 2.06. The van der Waals surface area contributed by atoms with Gasteiger partial charge in [0.2, 0.25) is 5.91 Å². The molecule has 0 radical (unpaired) electrons. The van der Waals surface area contributed by atoms with Crippen LogP contribution in [0.25, 0.3) is 10.9 Å². The first-order valence-electron chi connectivity index (χ1n) is 9.70. The molecule has 1 amide bonds. The van der Waals surface area contributed by atoms with Gasteiger partial charge in [-0.2, -0.15) is 0 Å². The third-order valence-electron chi connectivity index (χ3n) is 4.94. The zero-order chi connectivity index (χ0) is 20.2. The van der Waals surface area contributed by atoms with Crippen LogP contribution in [0.15, 0.2) is 53.3 Å². The third-order valence-corrected chi connectivity index (χ3v) is 4.94. The summed E-state index contributed by atoms with van der Waals surface area (Å²) in [5.41, 5.74) is 0.521. The fraction of sp³-hybridized carbons (Fsp3) is 0.318. The largest absolute Gasteiger partial charge is 0.486 e. The maximum Gasteiger partial charge on any atom is 0.258 e. The van der Waals surface area contributed by atoms with E-state index >= 15 is 0 Å². The Morgan fingerprint density at radius 3 is 2.79 bits per heavy atom. The lowest BCUT2D eigenvalue weighted by molar-refractivity contribution is -0.131. The number of H-pyrrole nitrogens is 1. The quantitative estimate of drug-likeness (QED) is 0.696. The molecule has 2 aromatic carbocycles. The molecule has 1 aliphatic rings. The van der Waals surface area contributed by atoms with Crippen LogP contribution in [0.3, 0.4) is 0 Å². The molecule has 0 aliphatic carbocycles. The monoisotopic (exact) mass is 393 g/mol. The Balaban J connectivity index is 1.28. The molecular weight excluding hydrogens is 370 g/mol. The number of benzene rings is 2. The van der Waals surface area contributed by atoms with Crippen molar-refractivity contribution in [1.29, 1.82) is 0 Å². The van der Waals surface area contributed by atoms with Gasteiger partial charge in [-0.3, -0.25) is 9.59 Å². The highest BCUT2D eigenvalue weighted by Crippen LogP contribution is 2.30. The van der Waals surface area contributed by atoms with E-state index in [1.165, 1.54) is 0 Å². The van der Waals surface area contributed by atoms with Gasteiger partial charge in [-0.15, -0.1) is 0 Å². The highest BCUT2D eigenvalue weighted by atomic mass is 16.6. The molecule has 7 nitrogen and oxygen atoms in total. The molecule has 150 valence electrons. The van der Waals surface area contributed by atoms with Crippen molar-refractivity contribution < 1.29 is 14.3 Å². The summed E-state index contributed by atoms with van der Waals surface area (Å²) in [4.78, 5) is 33.5. The van der Waals surface area contributed by atoms with Crippen molar-refractivity contribution in [2.24, 2.45) is 0 Å². The van der Waals surface area contributed by atoms with E-state index < -0.39 is 0 Å². The van der Waals surface area contributed by atoms with Crippen molar-refractivity contribution >= 4 is 16.8 Å². The first-order valence-corrected chi connectivity index (χ1v) is 9.70. The Morgan fingerprint density at radius 2 is 1.93 bits per heavy atom. The number of para-hydroxylation sites is 3. The highest BCUT2D eigenvalue weighted by Gasteiger charge is 2.23. The minimum absolute atomic E-state index is 0.0237. The van der Waals surface area contributed by atoms with Gasteiger partial charge in [-0.05, 0) is 30.7 Å². The lowest BCUT2D eigenvalue weighted by Crippen LogP contribution is -2.41. The first kappa shape index (κ1) is 19.0. The molecule has 1 aliphatic heterocycles. The lowest BCUT2D eigenvalue weighted by Gasteiger charge is -2.29. The molecule has 0 bridgehead atoms. The SMILES string of the molecule is CN(C[C@H]1COc2ccccc2O1)C(=O)CCCc1nc2ccccc2c(=O)[nH]1. The van der Waals surface area contributed by atoms with Crippen molar-refractivity contribution in [3.63, 3.8) is 0 Å². The molecule has 1 atom stereocenters. The molecule has 29 heavy (non-hydrogen) atoms. The van der Waals surface area contributed by atoms with Crippen molar-refractivity contribution in [3.05, 3.63) is 64.7 Å². The number of likely N-dealkylation sites (N-methyl/N-ethyl adjacent to an activating group) is 1. The number of carbonyl (C=O) groups is 1. The Labute approximate surface area is 168 Å². The molecule has 4 rings (SSSR count). The lowest BCUT2D eigenvalue weighted by atomic mass is 10.2. The fourth-order valence-electron chi connectivity index (χ4n) is 3.41. The summed E-state index contributed by atoms with van der Waals surface area (Å²) in [6.07, 6.45) is 1.32. The van der Waals surface area contributed by atoms with E-state index in [2.05, 4.69) is 9.97 Å². The van der Waals surface area contributed by atoms with Gasteiger partial charge < -0.3 is 19.4 Å². The summed E-state index contributed by atoms with van der Waals surface area (Å²) < 4.78 is 11.6. The predicted molar refractivity (Wildman–Crippen MR) is 109 cm³/mol. The zero-order valence-corrected chi connectivity index (χ0v) is 16.3. The smallest absolute Gasteiger partial charge is 0.258 e. The first-order chi connectivity index (χ1) is 14.1. The number of hydrogen-bond donors (Lipinski definition) is 1. The van der Waals surface area contributed by atoms with Gasteiger partial charge in [0.25, 0.3) is 5.56 Å². The molecule has 0 fully saturated rings. The summed E-state index contributed by atoms with van der Waals surface area (Å²) >= 11 is 0. The van der Waals surface area contributed by atoms with E-state index in [4.69, 9.17) is 9.47 Å². The maximum absolute atomic E-state index is 12.5. The average molecular weight is 393 g/mol. The third kappa shape index (κ3) is 4.39. The van der Waals surface area contributed by atoms with Gasteiger partial charge in [0.1, 0.15) is 12.4 Å². The van der Waals surface area contributed by atoms with Crippen LogP contribution in [-0.2, 0) is 11.2 Å². The van der Waals surface area contributed by atoms with E-state index in [0.29, 0.717) is 54.9 Å². The van der Waals surface area contributed by atoms with Crippen molar-refractivity contribution in [1.82, 2.24) is 14.9 Å². The standard InChI is InChI=1S/C22H23N3O4/c1-25(13-15-14-28-18-9-4-5-10-19(18)29-15)21(26)12-6-11-20-23-17-8-3-2-7-16(17)22(27)24-20/h2-5,7-10,15H,6,11-14H2,1H3,(H,23,24,27)/t15-/m0/s1. The number of ether oxygens (including phenoxy) is 2. The van der Waals surface area contributed by atoms with E-state index in [1.54, 1.807) is 18.0 Å². The van der Waals surface area contributed by atoms with Gasteiger partial charge >= 0.3 is 0 Å². The van der Waals surface area contributed by atoms with Crippen LogP contribution in [0, 0.1) is 0 Å². The number of aromatic nitrogens is 2. The van der Waals surface area contributed by atoms with Gasteiger partial charge in [0.05, 0.1) is 17.4 Å². The van der Waals surface area contributed by atoms with Gasteiger partial charge in [0.15, 0.2) is 17.6 Å². The second-order valence-electron chi connectivity index (χ2n) is 7.16. The molecule has 1 N–H and O–H groups in total. The maximum atomic E-state index is 12.5. The topological polar surface area (TPSA) is 84.5 Å². The molecule has 7 heteroatoms. The number of rotatable bonds is 6.